The molecule has 1 N–H and O–H groups in total. The second kappa shape index (κ2) is 6.23. The van der Waals surface area contributed by atoms with Crippen LogP contribution in [0.4, 0.5) is 0 Å². The molecule has 0 aromatic rings. The van der Waals surface area contributed by atoms with Gasteiger partial charge in [-0.05, 0) is 63.7 Å². The van der Waals surface area contributed by atoms with Crippen molar-refractivity contribution in [3.8, 4) is 0 Å². The fourth-order valence-electron chi connectivity index (χ4n) is 3.12. The van der Waals surface area contributed by atoms with Gasteiger partial charge in [-0.3, -0.25) is 0 Å². The van der Waals surface area contributed by atoms with E-state index in [2.05, 4.69) is 24.2 Å². The molecule has 2 nitrogen and oxygen atoms in total. The molecule has 0 amide bonds. The van der Waals surface area contributed by atoms with Crippen LogP contribution in [0.5, 0.6) is 0 Å². The number of hydrogen-bond acceptors (Lipinski definition) is 2. The van der Waals surface area contributed by atoms with Crippen molar-refractivity contribution in [3.05, 3.63) is 0 Å². The number of halogens is 1. The van der Waals surface area contributed by atoms with Crippen LogP contribution in [0.2, 0.25) is 0 Å². The lowest BCUT2D eigenvalue weighted by molar-refractivity contribution is 0.0640. The predicted octanol–water partition coefficient (Wildman–Crippen LogP) is 2.53. The van der Waals surface area contributed by atoms with Gasteiger partial charge in [0.05, 0.1) is 0 Å². The third-order valence-corrected chi connectivity index (χ3v) is 4.37. The van der Waals surface area contributed by atoms with E-state index in [1.165, 1.54) is 58.3 Å². The van der Waals surface area contributed by atoms with Crippen molar-refractivity contribution in [2.75, 3.05) is 33.2 Å². The number of rotatable bonds is 4. The fourth-order valence-corrected chi connectivity index (χ4v) is 3.12. The van der Waals surface area contributed by atoms with Crippen LogP contribution in [0, 0.1) is 11.3 Å². The minimum atomic E-state index is 0. The van der Waals surface area contributed by atoms with Gasteiger partial charge in [-0.1, -0.05) is 13.3 Å². The third kappa shape index (κ3) is 3.61. The second-order valence-electron chi connectivity index (χ2n) is 5.94. The van der Waals surface area contributed by atoms with Crippen molar-refractivity contribution in [2.24, 2.45) is 11.3 Å². The zero-order chi connectivity index (χ0) is 10.7. The number of hydrogen-bond donors (Lipinski definition) is 1. The Morgan fingerprint density at radius 1 is 1.25 bits per heavy atom. The van der Waals surface area contributed by atoms with Gasteiger partial charge in [0, 0.05) is 6.54 Å². The van der Waals surface area contributed by atoms with Crippen LogP contribution in [0.25, 0.3) is 0 Å². The average molecular weight is 247 g/mol. The van der Waals surface area contributed by atoms with Gasteiger partial charge in [-0.15, -0.1) is 12.4 Å². The molecule has 2 fully saturated rings. The molecule has 1 heterocycles. The maximum absolute atomic E-state index is 3.30. The first-order valence-corrected chi connectivity index (χ1v) is 6.59. The second-order valence-corrected chi connectivity index (χ2v) is 5.94. The van der Waals surface area contributed by atoms with Crippen molar-refractivity contribution in [1.29, 1.82) is 0 Å². The number of likely N-dealkylation sites (tertiary alicyclic amines) is 1. The zero-order valence-electron chi connectivity index (χ0n) is 10.8. The lowest BCUT2D eigenvalue weighted by Gasteiger charge is -2.44. The van der Waals surface area contributed by atoms with Gasteiger partial charge in [0.2, 0.25) is 0 Å². The molecule has 0 aromatic carbocycles. The number of piperidine rings is 1. The SMILES string of the molecule is CNCC1CCN(CC2(C)CCC2)CC1.Cl. The Morgan fingerprint density at radius 3 is 2.31 bits per heavy atom. The summed E-state index contributed by atoms with van der Waals surface area (Å²) in [6.07, 6.45) is 7.19. The summed E-state index contributed by atoms with van der Waals surface area (Å²) in [5.74, 6) is 0.931. The van der Waals surface area contributed by atoms with Crippen LogP contribution in [-0.2, 0) is 0 Å². The van der Waals surface area contributed by atoms with Crippen molar-refractivity contribution >= 4 is 12.4 Å². The van der Waals surface area contributed by atoms with E-state index < -0.39 is 0 Å². The predicted molar refractivity (Wildman–Crippen MR) is 72.3 cm³/mol. The molecule has 2 aliphatic rings. The Balaban J connectivity index is 0.00000128. The minimum Gasteiger partial charge on any atom is -0.319 e. The van der Waals surface area contributed by atoms with Crippen LogP contribution >= 0.6 is 12.4 Å². The summed E-state index contributed by atoms with van der Waals surface area (Å²) in [5, 5.41) is 3.30. The monoisotopic (exact) mass is 246 g/mol. The molecule has 0 aromatic heterocycles. The molecule has 96 valence electrons. The largest absolute Gasteiger partial charge is 0.319 e. The highest BCUT2D eigenvalue weighted by molar-refractivity contribution is 5.85. The summed E-state index contributed by atoms with van der Waals surface area (Å²) in [5.41, 5.74) is 0.676. The Kier molecular flexibility index (Phi) is 5.55. The van der Waals surface area contributed by atoms with Gasteiger partial charge < -0.3 is 10.2 Å². The molecule has 1 saturated heterocycles. The lowest BCUT2D eigenvalue weighted by Crippen LogP contribution is -2.44. The third-order valence-electron chi connectivity index (χ3n) is 4.37. The lowest BCUT2D eigenvalue weighted by atomic mass is 9.70. The van der Waals surface area contributed by atoms with Crippen LogP contribution in [0.15, 0.2) is 0 Å². The van der Waals surface area contributed by atoms with Crippen molar-refractivity contribution in [1.82, 2.24) is 10.2 Å². The van der Waals surface area contributed by atoms with Gasteiger partial charge >= 0.3 is 0 Å². The summed E-state index contributed by atoms with van der Waals surface area (Å²) in [7, 11) is 2.07. The van der Waals surface area contributed by atoms with Gasteiger partial charge in [-0.2, -0.15) is 0 Å². The molecular weight excluding hydrogens is 220 g/mol. The highest BCUT2D eigenvalue weighted by Crippen LogP contribution is 2.41. The van der Waals surface area contributed by atoms with E-state index in [4.69, 9.17) is 0 Å². The summed E-state index contributed by atoms with van der Waals surface area (Å²) in [6, 6.07) is 0. The smallest absolute Gasteiger partial charge is 0.00353 e. The van der Waals surface area contributed by atoms with Crippen LogP contribution in [0.3, 0.4) is 0 Å². The van der Waals surface area contributed by atoms with E-state index in [9.17, 15) is 0 Å². The molecule has 0 atom stereocenters. The summed E-state index contributed by atoms with van der Waals surface area (Å²) >= 11 is 0. The molecule has 2 rings (SSSR count). The van der Waals surface area contributed by atoms with E-state index in [0.717, 1.165) is 5.92 Å². The molecule has 0 spiro atoms. The summed E-state index contributed by atoms with van der Waals surface area (Å²) < 4.78 is 0. The first kappa shape index (κ1) is 14.3. The highest BCUT2D eigenvalue weighted by atomic mass is 35.5. The van der Waals surface area contributed by atoms with Gasteiger partial charge in [-0.25, -0.2) is 0 Å². The fraction of sp³-hybridized carbons (Fsp3) is 1.00. The normalized spacial score (nSPS) is 25.9. The Morgan fingerprint density at radius 2 is 1.88 bits per heavy atom. The summed E-state index contributed by atoms with van der Waals surface area (Å²) in [6.45, 7) is 7.71. The quantitative estimate of drug-likeness (QED) is 0.820. The van der Waals surface area contributed by atoms with E-state index >= 15 is 0 Å². The van der Waals surface area contributed by atoms with E-state index in [1.807, 2.05) is 0 Å². The molecule has 1 aliphatic carbocycles. The van der Waals surface area contributed by atoms with E-state index in [0.29, 0.717) is 5.41 Å². The maximum atomic E-state index is 3.30. The van der Waals surface area contributed by atoms with E-state index in [1.54, 1.807) is 0 Å². The Bertz CT molecular complexity index is 196. The molecule has 1 aliphatic heterocycles. The Hall–Kier alpha value is 0.210. The van der Waals surface area contributed by atoms with Gasteiger partial charge in [0.1, 0.15) is 0 Å². The van der Waals surface area contributed by atoms with E-state index in [-0.39, 0.29) is 12.4 Å². The van der Waals surface area contributed by atoms with Crippen LogP contribution < -0.4 is 5.32 Å². The van der Waals surface area contributed by atoms with Crippen molar-refractivity contribution in [3.63, 3.8) is 0 Å². The average Bonchev–Trinajstić information content (AvgIpc) is 2.19. The first-order valence-electron chi connectivity index (χ1n) is 6.59. The number of nitrogens with zero attached hydrogens (tertiary/aromatic N) is 1. The number of nitrogens with one attached hydrogen (secondary N) is 1. The molecule has 0 unspecified atom stereocenters. The molecule has 16 heavy (non-hydrogen) atoms. The molecule has 3 heteroatoms. The van der Waals surface area contributed by atoms with Crippen molar-refractivity contribution < 1.29 is 0 Å². The summed E-state index contributed by atoms with van der Waals surface area (Å²) in [4.78, 5) is 2.70. The topological polar surface area (TPSA) is 15.3 Å². The highest BCUT2D eigenvalue weighted by Gasteiger charge is 2.34. The van der Waals surface area contributed by atoms with Crippen molar-refractivity contribution in [2.45, 2.75) is 39.0 Å². The van der Waals surface area contributed by atoms with Gasteiger partial charge in [0.15, 0.2) is 0 Å². The Labute approximate surface area is 107 Å². The molecule has 0 radical (unpaired) electrons. The van der Waals surface area contributed by atoms with Gasteiger partial charge in [0.25, 0.3) is 0 Å². The van der Waals surface area contributed by atoms with Crippen LogP contribution in [0.1, 0.15) is 39.0 Å². The first-order chi connectivity index (χ1) is 7.22. The molecular formula is C13H27ClN2. The standard InChI is InChI=1S/C13H26N2.ClH/c1-13(6-3-7-13)11-15-8-4-12(5-9-15)10-14-2;/h12,14H,3-11H2,1-2H3;1H. The maximum Gasteiger partial charge on any atom is 0.00353 e. The zero-order valence-corrected chi connectivity index (χ0v) is 11.6. The van der Waals surface area contributed by atoms with Crippen LogP contribution in [-0.4, -0.2) is 38.1 Å². The molecule has 0 bridgehead atoms. The molecule has 1 saturated carbocycles. The minimum absolute atomic E-state index is 0.